The molecule has 0 spiro atoms. The minimum absolute atomic E-state index is 0.0101. The topological polar surface area (TPSA) is 89.1 Å². The fraction of sp³-hybridized carbons (Fsp3) is 0.227. The van der Waals surface area contributed by atoms with E-state index in [-0.39, 0.29) is 28.0 Å². The zero-order chi connectivity index (χ0) is 20.4. The molecule has 2 aromatic carbocycles. The van der Waals surface area contributed by atoms with E-state index >= 15 is 0 Å². The highest BCUT2D eigenvalue weighted by Gasteiger charge is 2.18. The SMILES string of the molecule is COc1cc(-c2coc3cc(O)cc(O)c3c2=O)cc(CC=C(C)C)c1OC. The monoisotopic (exact) mass is 382 g/mol. The molecule has 6 heteroatoms. The molecule has 0 atom stereocenters. The summed E-state index contributed by atoms with van der Waals surface area (Å²) in [6.07, 6.45) is 3.97. The zero-order valence-electron chi connectivity index (χ0n) is 16.2. The third kappa shape index (κ3) is 3.53. The quantitative estimate of drug-likeness (QED) is 0.636. The molecule has 1 aromatic heterocycles. The summed E-state index contributed by atoms with van der Waals surface area (Å²) in [7, 11) is 3.10. The minimum atomic E-state index is -0.404. The first-order chi connectivity index (χ1) is 13.3. The molecule has 0 saturated heterocycles. The molecule has 0 amide bonds. The molecule has 0 aliphatic heterocycles. The first kappa shape index (κ1) is 19.4. The third-order valence-electron chi connectivity index (χ3n) is 4.44. The molecule has 0 saturated carbocycles. The summed E-state index contributed by atoms with van der Waals surface area (Å²) in [4.78, 5) is 13.0. The molecule has 0 aliphatic carbocycles. The van der Waals surface area contributed by atoms with Crippen molar-refractivity contribution in [3.8, 4) is 34.1 Å². The van der Waals surface area contributed by atoms with Gasteiger partial charge in [0.2, 0.25) is 5.43 Å². The van der Waals surface area contributed by atoms with Crippen LogP contribution in [0.2, 0.25) is 0 Å². The highest BCUT2D eigenvalue weighted by atomic mass is 16.5. The van der Waals surface area contributed by atoms with E-state index in [1.54, 1.807) is 13.2 Å². The van der Waals surface area contributed by atoms with Gasteiger partial charge < -0.3 is 24.1 Å². The van der Waals surface area contributed by atoms with E-state index in [0.29, 0.717) is 23.5 Å². The van der Waals surface area contributed by atoms with Crippen LogP contribution in [0.3, 0.4) is 0 Å². The molecule has 28 heavy (non-hydrogen) atoms. The van der Waals surface area contributed by atoms with E-state index in [0.717, 1.165) is 17.2 Å². The fourth-order valence-electron chi connectivity index (χ4n) is 3.08. The van der Waals surface area contributed by atoms with Gasteiger partial charge in [-0.1, -0.05) is 11.6 Å². The van der Waals surface area contributed by atoms with Gasteiger partial charge in [-0.15, -0.1) is 0 Å². The fourth-order valence-corrected chi connectivity index (χ4v) is 3.08. The van der Waals surface area contributed by atoms with Gasteiger partial charge in [-0.25, -0.2) is 0 Å². The maximum absolute atomic E-state index is 13.0. The summed E-state index contributed by atoms with van der Waals surface area (Å²) in [6, 6.07) is 5.93. The minimum Gasteiger partial charge on any atom is -0.508 e. The molecular formula is C22H22O6. The molecule has 3 aromatic rings. The Labute approximate surface area is 162 Å². The van der Waals surface area contributed by atoms with Crippen molar-refractivity contribution in [1.82, 2.24) is 0 Å². The lowest BCUT2D eigenvalue weighted by atomic mass is 9.99. The molecule has 2 N–H and O–H groups in total. The van der Waals surface area contributed by atoms with Gasteiger partial charge in [0.25, 0.3) is 0 Å². The van der Waals surface area contributed by atoms with Gasteiger partial charge in [-0.05, 0) is 38.0 Å². The van der Waals surface area contributed by atoms with Gasteiger partial charge in [0.05, 0.1) is 19.8 Å². The molecule has 146 valence electrons. The standard InChI is InChI=1S/C22H22O6/c1-12(2)5-6-13-7-14(8-19(26-3)22(13)27-4)16-11-28-18-10-15(23)9-17(24)20(18)21(16)25/h5,7-11,23-24H,6H2,1-4H3. The average molecular weight is 382 g/mol. The lowest BCUT2D eigenvalue weighted by Gasteiger charge is -2.14. The van der Waals surface area contributed by atoms with Crippen LogP contribution in [0.1, 0.15) is 19.4 Å². The lowest BCUT2D eigenvalue weighted by Crippen LogP contribution is -2.06. The Balaban J connectivity index is 2.26. The van der Waals surface area contributed by atoms with Crippen LogP contribution in [0.4, 0.5) is 0 Å². The van der Waals surface area contributed by atoms with Gasteiger partial charge in [-0.2, -0.15) is 0 Å². The Morgan fingerprint density at radius 2 is 1.86 bits per heavy atom. The molecular weight excluding hydrogens is 360 g/mol. The van der Waals surface area contributed by atoms with Gasteiger partial charge in [0.15, 0.2) is 11.5 Å². The predicted molar refractivity (Wildman–Crippen MR) is 107 cm³/mol. The van der Waals surface area contributed by atoms with Crippen molar-refractivity contribution in [3.05, 3.63) is 58.0 Å². The number of aromatic hydroxyl groups is 2. The van der Waals surface area contributed by atoms with Crippen molar-refractivity contribution in [2.45, 2.75) is 20.3 Å². The number of ether oxygens (including phenoxy) is 2. The first-order valence-corrected chi connectivity index (χ1v) is 8.71. The van der Waals surface area contributed by atoms with Crippen molar-refractivity contribution in [2.75, 3.05) is 14.2 Å². The van der Waals surface area contributed by atoms with Crippen LogP contribution in [-0.2, 0) is 6.42 Å². The van der Waals surface area contributed by atoms with Crippen LogP contribution < -0.4 is 14.9 Å². The zero-order valence-corrected chi connectivity index (χ0v) is 16.2. The molecule has 1 heterocycles. The van der Waals surface area contributed by atoms with Gasteiger partial charge >= 0.3 is 0 Å². The third-order valence-corrected chi connectivity index (χ3v) is 4.44. The van der Waals surface area contributed by atoms with E-state index in [4.69, 9.17) is 13.9 Å². The maximum atomic E-state index is 13.0. The van der Waals surface area contributed by atoms with E-state index < -0.39 is 5.43 Å². The largest absolute Gasteiger partial charge is 0.508 e. The second kappa shape index (κ2) is 7.68. The summed E-state index contributed by atoms with van der Waals surface area (Å²) in [5.74, 6) is 0.570. The molecule has 0 aliphatic rings. The number of benzene rings is 2. The molecule has 0 bridgehead atoms. The van der Waals surface area contributed by atoms with Crippen molar-refractivity contribution in [3.63, 3.8) is 0 Å². The molecule has 6 nitrogen and oxygen atoms in total. The predicted octanol–water partition coefficient (Wildman–Crippen LogP) is 4.40. The number of rotatable bonds is 5. The number of fused-ring (bicyclic) bond motifs is 1. The van der Waals surface area contributed by atoms with Gasteiger partial charge in [0.1, 0.15) is 28.7 Å². The molecule has 3 rings (SSSR count). The molecule has 0 radical (unpaired) electrons. The second-order valence-corrected chi connectivity index (χ2v) is 6.67. The van der Waals surface area contributed by atoms with Gasteiger partial charge in [0, 0.05) is 17.7 Å². The Bertz CT molecular complexity index is 1120. The summed E-state index contributed by atoms with van der Waals surface area (Å²) in [5, 5.41) is 19.7. The van der Waals surface area contributed by atoms with E-state index in [1.807, 2.05) is 19.9 Å². The Kier molecular flexibility index (Phi) is 5.31. The van der Waals surface area contributed by atoms with E-state index in [1.165, 1.54) is 19.4 Å². The molecule has 0 fully saturated rings. The highest BCUT2D eigenvalue weighted by Crippen LogP contribution is 2.37. The maximum Gasteiger partial charge on any atom is 0.204 e. The Morgan fingerprint density at radius 3 is 2.50 bits per heavy atom. The van der Waals surface area contributed by atoms with Crippen LogP contribution >= 0.6 is 0 Å². The normalized spacial score (nSPS) is 10.7. The number of methoxy groups -OCH3 is 2. The van der Waals surface area contributed by atoms with Crippen molar-refractivity contribution < 1.29 is 24.1 Å². The van der Waals surface area contributed by atoms with E-state index in [9.17, 15) is 15.0 Å². The van der Waals surface area contributed by atoms with E-state index in [2.05, 4.69) is 6.08 Å². The summed E-state index contributed by atoms with van der Waals surface area (Å²) >= 11 is 0. The van der Waals surface area contributed by atoms with Crippen molar-refractivity contribution >= 4 is 11.0 Å². The molecule has 0 unspecified atom stereocenters. The number of hydrogen-bond donors (Lipinski definition) is 2. The summed E-state index contributed by atoms with van der Waals surface area (Å²) in [5.41, 5.74) is 2.57. The van der Waals surface area contributed by atoms with Crippen LogP contribution in [-0.4, -0.2) is 24.4 Å². The summed E-state index contributed by atoms with van der Waals surface area (Å²) < 4.78 is 16.5. The highest BCUT2D eigenvalue weighted by molar-refractivity contribution is 5.88. The Hall–Kier alpha value is -3.41. The average Bonchev–Trinajstić information content (AvgIpc) is 2.65. The van der Waals surface area contributed by atoms with Crippen molar-refractivity contribution in [1.29, 1.82) is 0 Å². The summed E-state index contributed by atoms with van der Waals surface area (Å²) in [6.45, 7) is 4.01. The van der Waals surface area contributed by atoms with Gasteiger partial charge in [-0.3, -0.25) is 4.79 Å². The number of allylic oxidation sites excluding steroid dienone is 2. The lowest BCUT2D eigenvalue weighted by molar-refractivity contribution is 0.352. The van der Waals surface area contributed by atoms with Crippen LogP contribution in [0.15, 0.2) is 51.4 Å². The number of phenolic OH excluding ortho intramolecular Hbond substituents is 2. The number of hydrogen-bond acceptors (Lipinski definition) is 6. The first-order valence-electron chi connectivity index (χ1n) is 8.71. The number of phenols is 2. The smallest absolute Gasteiger partial charge is 0.204 e. The van der Waals surface area contributed by atoms with Crippen LogP contribution in [0.25, 0.3) is 22.1 Å². The Morgan fingerprint density at radius 1 is 1.11 bits per heavy atom. The van der Waals surface area contributed by atoms with Crippen LogP contribution in [0.5, 0.6) is 23.0 Å². The van der Waals surface area contributed by atoms with Crippen molar-refractivity contribution in [2.24, 2.45) is 0 Å². The second-order valence-electron chi connectivity index (χ2n) is 6.67. The van der Waals surface area contributed by atoms with Crippen LogP contribution in [0, 0.1) is 0 Å².